The number of unbranched alkanes of at least 4 members (excludes halogenated alkanes) is 20. The third-order valence-corrected chi connectivity index (χ3v) is 6.49. The van der Waals surface area contributed by atoms with E-state index in [9.17, 15) is 9.59 Å². The summed E-state index contributed by atoms with van der Waals surface area (Å²) in [5, 5.41) is 0. The van der Waals surface area contributed by atoms with Gasteiger partial charge in [0.1, 0.15) is 0 Å². The molecular weight excluding hydrogens is 460 g/mol. The van der Waals surface area contributed by atoms with Crippen molar-refractivity contribution in [2.24, 2.45) is 0 Å². The maximum atomic E-state index is 11.1. The van der Waals surface area contributed by atoms with Gasteiger partial charge in [0, 0.05) is 11.6 Å². The Morgan fingerprint density at radius 2 is 0.838 bits per heavy atom. The summed E-state index contributed by atoms with van der Waals surface area (Å²) < 4.78 is 9.96. The molecule has 0 aliphatic carbocycles. The molecule has 0 aromatic heterocycles. The fraction of sp³-hybridized carbons (Fsp3) is 0.818. The number of carbonyl (C=O) groups excluding carboxylic acids is 2. The van der Waals surface area contributed by atoms with E-state index in [0.29, 0.717) is 18.8 Å². The third-order valence-electron chi connectivity index (χ3n) is 6.49. The molecule has 0 aromatic rings. The summed E-state index contributed by atoms with van der Waals surface area (Å²) in [4.78, 5) is 21.9. The zero-order valence-electron chi connectivity index (χ0n) is 25.1. The van der Waals surface area contributed by atoms with Crippen molar-refractivity contribution in [3.63, 3.8) is 0 Å². The molecule has 0 saturated carbocycles. The van der Waals surface area contributed by atoms with Crippen LogP contribution < -0.4 is 0 Å². The van der Waals surface area contributed by atoms with Crippen molar-refractivity contribution in [2.75, 3.05) is 13.2 Å². The first-order chi connectivity index (χ1) is 18.0. The predicted molar refractivity (Wildman–Crippen MR) is 160 cm³/mol. The molecule has 0 amide bonds. The lowest BCUT2D eigenvalue weighted by atomic mass is 10.1. The standard InChI is InChI=1S/C17H32O2.C16H30O2/c1-3-5-6-7-8-9-10-11-12-13-14-15-16-19-17(18)4-2;1-4-5-6-7-8-9-10-11-12-13-14-18-16(17)15(2)3/h4H,2-3,5-16H2,1H3;2,4-14H2,1,3H3. The Morgan fingerprint density at radius 3 is 1.14 bits per heavy atom. The van der Waals surface area contributed by atoms with Crippen molar-refractivity contribution in [2.45, 2.75) is 162 Å². The normalized spacial score (nSPS) is 10.4. The van der Waals surface area contributed by atoms with E-state index < -0.39 is 0 Å². The van der Waals surface area contributed by atoms with Crippen molar-refractivity contribution >= 4 is 11.9 Å². The van der Waals surface area contributed by atoms with Gasteiger partial charge in [0.15, 0.2) is 0 Å². The van der Waals surface area contributed by atoms with Crippen LogP contribution in [0.5, 0.6) is 0 Å². The van der Waals surface area contributed by atoms with E-state index >= 15 is 0 Å². The van der Waals surface area contributed by atoms with Gasteiger partial charge < -0.3 is 9.47 Å². The lowest BCUT2D eigenvalue weighted by Crippen LogP contribution is -2.05. The molecule has 0 aliphatic rings. The summed E-state index contributed by atoms with van der Waals surface area (Å²) in [6.07, 6.45) is 30.1. The second-order valence-corrected chi connectivity index (χ2v) is 10.4. The first kappa shape index (κ1) is 37.6. The van der Waals surface area contributed by atoms with Crippen LogP contribution >= 0.6 is 0 Å². The molecule has 4 nitrogen and oxygen atoms in total. The van der Waals surface area contributed by atoms with Crippen LogP contribution in [0.15, 0.2) is 24.8 Å². The van der Waals surface area contributed by atoms with Crippen molar-refractivity contribution in [3.05, 3.63) is 24.8 Å². The molecule has 0 aromatic carbocycles. The van der Waals surface area contributed by atoms with E-state index in [0.717, 1.165) is 12.8 Å². The molecule has 37 heavy (non-hydrogen) atoms. The van der Waals surface area contributed by atoms with Crippen LogP contribution in [0.3, 0.4) is 0 Å². The van der Waals surface area contributed by atoms with Gasteiger partial charge in [0.05, 0.1) is 13.2 Å². The minimum Gasteiger partial charge on any atom is -0.463 e. The van der Waals surface area contributed by atoms with Crippen molar-refractivity contribution in [3.8, 4) is 0 Å². The van der Waals surface area contributed by atoms with Crippen LogP contribution in [0.25, 0.3) is 0 Å². The molecule has 0 saturated heterocycles. The van der Waals surface area contributed by atoms with Crippen molar-refractivity contribution in [1.29, 1.82) is 0 Å². The van der Waals surface area contributed by atoms with E-state index in [4.69, 9.17) is 9.47 Å². The monoisotopic (exact) mass is 522 g/mol. The molecular formula is C33H62O4. The number of hydrogen-bond donors (Lipinski definition) is 0. The maximum absolute atomic E-state index is 11.1. The van der Waals surface area contributed by atoms with Gasteiger partial charge in [-0.25, -0.2) is 9.59 Å². The second-order valence-electron chi connectivity index (χ2n) is 10.4. The highest BCUT2D eigenvalue weighted by molar-refractivity contribution is 5.86. The summed E-state index contributed by atoms with van der Waals surface area (Å²) in [5.41, 5.74) is 0.488. The summed E-state index contributed by atoms with van der Waals surface area (Å²) in [6.45, 7) is 14.2. The average molecular weight is 523 g/mol. The topological polar surface area (TPSA) is 52.6 Å². The van der Waals surface area contributed by atoms with E-state index in [1.807, 2.05) is 0 Å². The van der Waals surface area contributed by atoms with Crippen LogP contribution in [-0.4, -0.2) is 25.2 Å². The molecule has 0 rings (SSSR count). The number of carbonyl (C=O) groups is 2. The van der Waals surface area contributed by atoms with Gasteiger partial charge in [-0.1, -0.05) is 155 Å². The first-order valence-corrected chi connectivity index (χ1v) is 15.6. The molecule has 0 bridgehead atoms. The Bertz CT molecular complexity index is 526. The van der Waals surface area contributed by atoms with Gasteiger partial charge in [0.25, 0.3) is 0 Å². The second kappa shape index (κ2) is 32.4. The Balaban J connectivity index is 0. The van der Waals surface area contributed by atoms with Gasteiger partial charge in [-0.2, -0.15) is 0 Å². The third kappa shape index (κ3) is 34.4. The van der Waals surface area contributed by atoms with Crippen molar-refractivity contribution in [1.82, 2.24) is 0 Å². The zero-order chi connectivity index (χ0) is 27.8. The number of esters is 2. The molecule has 0 fully saturated rings. The highest BCUT2D eigenvalue weighted by atomic mass is 16.5. The smallest absolute Gasteiger partial charge is 0.333 e. The zero-order valence-corrected chi connectivity index (χ0v) is 25.1. The van der Waals surface area contributed by atoms with Crippen LogP contribution in [0.1, 0.15) is 162 Å². The average Bonchev–Trinajstić information content (AvgIpc) is 2.89. The molecule has 0 aliphatic heterocycles. The number of rotatable bonds is 26. The fourth-order valence-corrected chi connectivity index (χ4v) is 4.05. The SMILES string of the molecule is C=C(C)C(=O)OCCCCCCCCCCCC.C=CC(=O)OCCCCCCCCCCCCCC. The fourth-order valence-electron chi connectivity index (χ4n) is 4.05. The summed E-state index contributed by atoms with van der Waals surface area (Å²) in [5.74, 6) is -0.561. The molecule has 4 heteroatoms. The first-order valence-electron chi connectivity index (χ1n) is 15.6. The molecule has 0 spiro atoms. The molecule has 0 radical (unpaired) electrons. The van der Waals surface area contributed by atoms with Gasteiger partial charge in [-0.3, -0.25) is 0 Å². The van der Waals surface area contributed by atoms with Crippen molar-refractivity contribution < 1.29 is 19.1 Å². The highest BCUT2D eigenvalue weighted by Gasteiger charge is 2.01. The number of hydrogen-bond acceptors (Lipinski definition) is 4. The molecule has 0 atom stereocenters. The Labute approximate surface area is 231 Å². The van der Waals surface area contributed by atoms with E-state index in [1.165, 1.54) is 134 Å². The number of ether oxygens (including phenoxy) is 2. The predicted octanol–water partition coefficient (Wildman–Crippen LogP) is 10.4. The van der Waals surface area contributed by atoms with E-state index in [-0.39, 0.29) is 11.9 Å². The summed E-state index contributed by atoms with van der Waals surface area (Å²) in [7, 11) is 0. The summed E-state index contributed by atoms with van der Waals surface area (Å²) >= 11 is 0. The lowest BCUT2D eigenvalue weighted by Gasteiger charge is -2.04. The maximum Gasteiger partial charge on any atom is 0.333 e. The highest BCUT2D eigenvalue weighted by Crippen LogP contribution is 2.12. The van der Waals surface area contributed by atoms with Crippen LogP contribution in [-0.2, 0) is 19.1 Å². The molecule has 0 heterocycles. The Morgan fingerprint density at radius 1 is 0.541 bits per heavy atom. The Kier molecular flexibility index (Phi) is 33.0. The molecule has 218 valence electrons. The van der Waals surface area contributed by atoms with E-state index in [1.54, 1.807) is 6.92 Å². The minimum absolute atomic E-state index is 0.258. The van der Waals surface area contributed by atoms with Crippen LogP contribution in [0, 0.1) is 0 Å². The molecule has 0 unspecified atom stereocenters. The van der Waals surface area contributed by atoms with Gasteiger partial charge in [-0.15, -0.1) is 0 Å². The van der Waals surface area contributed by atoms with Gasteiger partial charge >= 0.3 is 11.9 Å². The lowest BCUT2D eigenvalue weighted by molar-refractivity contribution is -0.139. The Hall–Kier alpha value is -1.58. The quantitative estimate of drug-likeness (QED) is 0.0644. The largest absolute Gasteiger partial charge is 0.463 e. The van der Waals surface area contributed by atoms with Gasteiger partial charge in [0.2, 0.25) is 0 Å². The van der Waals surface area contributed by atoms with Crippen LogP contribution in [0.2, 0.25) is 0 Å². The van der Waals surface area contributed by atoms with Crippen LogP contribution in [0.4, 0.5) is 0 Å². The molecule has 0 N–H and O–H groups in total. The van der Waals surface area contributed by atoms with Gasteiger partial charge in [-0.05, 0) is 19.8 Å². The van der Waals surface area contributed by atoms with E-state index in [2.05, 4.69) is 27.0 Å². The minimum atomic E-state index is -0.303. The summed E-state index contributed by atoms with van der Waals surface area (Å²) in [6, 6.07) is 0.